The topological polar surface area (TPSA) is 74.8 Å². The molecule has 1 aliphatic rings. The van der Waals surface area contributed by atoms with E-state index in [4.69, 9.17) is 0 Å². The van der Waals surface area contributed by atoms with E-state index in [9.17, 15) is 19.2 Å². The van der Waals surface area contributed by atoms with Gasteiger partial charge < -0.3 is 0 Å². The summed E-state index contributed by atoms with van der Waals surface area (Å²) in [4.78, 5) is 54.0. The number of ketones is 1. The highest BCUT2D eigenvalue weighted by Crippen LogP contribution is 2.23. The largest absolute Gasteiger partial charge is 0.333 e. The molecule has 0 aliphatic carbocycles. The zero-order valence-corrected chi connectivity index (χ0v) is 17.0. The first-order chi connectivity index (χ1) is 12.7. The number of urea groups is 1. The molecule has 0 aromatic carbocycles. The van der Waals surface area contributed by atoms with Crippen molar-refractivity contribution in [1.82, 2.24) is 9.80 Å². The van der Waals surface area contributed by atoms with Crippen LogP contribution in [0.4, 0.5) is 4.79 Å². The van der Waals surface area contributed by atoms with Crippen LogP contribution >= 0.6 is 11.3 Å². The van der Waals surface area contributed by atoms with Gasteiger partial charge in [0, 0.05) is 24.4 Å². The van der Waals surface area contributed by atoms with E-state index in [2.05, 4.69) is 0 Å². The van der Waals surface area contributed by atoms with Crippen LogP contribution in [0.15, 0.2) is 29.2 Å². The molecule has 146 valence electrons. The average molecular weight is 391 g/mol. The molecule has 0 saturated carbocycles. The van der Waals surface area contributed by atoms with Crippen molar-refractivity contribution in [3.8, 4) is 0 Å². The molecule has 0 radical (unpaired) electrons. The van der Waals surface area contributed by atoms with Gasteiger partial charge in [0.2, 0.25) is 0 Å². The lowest BCUT2D eigenvalue weighted by molar-refractivity contribution is -0.152. The predicted octanol–water partition coefficient (Wildman–Crippen LogP) is 3.28. The highest BCUT2D eigenvalue weighted by atomic mass is 32.1. The molecular weight excluding hydrogens is 364 g/mol. The first-order valence-corrected chi connectivity index (χ1v) is 9.95. The number of nitrogens with zero attached hydrogens (tertiary/aromatic N) is 2. The lowest BCUT2D eigenvalue weighted by Crippen LogP contribution is -2.61. The second-order valence-corrected chi connectivity index (χ2v) is 8.37. The highest BCUT2D eigenvalue weighted by Gasteiger charge is 2.48. The Balaban J connectivity index is 2.30. The van der Waals surface area contributed by atoms with Crippen molar-refractivity contribution < 1.29 is 19.2 Å². The Hall–Kier alpha value is -2.28. The molecule has 2 heterocycles. The summed E-state index contributed by atoms with van der Waals surface area (Å²) in [7, 11) is 0. The van der Waals surface area contributed by atoms with Crippen molar-refractivity contribution in [1.29, 1.82) is 0 Å². The number of carbonyl (C=O) groups excluding carboxylic acids is 4. The molecule has 4 amide bonds. The Morgan fingerprint density at radius 1 is 1.19 bits per heavy atom. The fourth-order valence-corrected chi connectivity index (χ4v) is 3.46. The number of amides is 4. The molecule has 2 rings (SSSR count). The Morgan fingerprint density at radius 2 is 1.85 bits per heavy atom. The number of hydrogen-bond acceptors (Lipinski definition) is 5. The molecule has 1 saturated heterocycles. The smallest absolute Gasteiger partial charge is 0.298 e. The number of barbiturate groups is 1. The van der Waals surface area contributed by atoms with Crippen LogP contribution in [-0.4, -0.2) is 46.5 Å². The monoisotopic (exact) mass is 390 g/mol. The van der Waals surface area contributed by atoms with Gasteiger partial charge in [-0.05, 0) is 37.6 Å². The molecule has 1 aromatic rings. The number of thiophene rings is 1. The summed E-state index contributed by atoms with van der Waals surface area (Å²) in [6.45, 7) is 7.97. The number of rotatable bonds is 8. The standard InChI is InChI=1S/C20H26N2O4S/c1-13(2)7-9-21-18(24)17(16(23)12-15-6-5-11-27-15)19(25)22(20(21)26)10-8-14(3)4/h5-7,11,14,17H,8-10,12H2,1-4H3. The molecule has 0 N–H and O–H groups in total. The summed E-state index contributed by atoms with van der Waals surface area (Å²) in [5, 5.41) is 1.84. The van der Waals surface area contributed by atoms with Crippen LogP contribution in [0, 0.1) is 11.8 Å². The predicted molar refractivity (Wildman–Crippen MR) is 104 cm³/mol. The van der Waals surface area contributed by atoms with E-state index in [0.29, 0.717) is 6.42 Å². The molecule has 1 unspecified atom stereocenters. The van der Waals surface area contributed by atoms with Crippen LogP contribution < -0.4 is 0 Å². The maximum Gasteiger partial charge on any atom is 0.333 e. The zero-order valence-electron chi connectivity index (χ0n) is 16.2. The van der Waals surface area contributed by atoms with Crippen LogP contribution in [-0.2, 0) is 20.8 Å². The van der Waals surface area contributed by atoms with Gasteiger partial charge >= 0.3 is 6.03 Å². The Bertz CT molecular complexity index is 748. The van der Waals surface area contributed by atoms with E-state index in [1.807, 2.05) is 39.1 Å². The molecule has 27 heavy (non-hydrogen) atoms. The van der Waals surface area contributed by atoms with Gasteiger partial charge in [-0.2, -0.15) is 0 Å². The van der Waals surface area contributed by atoms with Crippen LogP contribution in [0.3, 0.4) is 0 Å². The Kier molecular flexibility index (Phi) is 7.07. The Morgan fingerprint density at radius 3 is 2.41 bits per heavy atom. The van der Waals surface area contributed by atoms with Crippen LogP contribution in [0.5, 0.6) is 0 Å². The fraction of sp³-hybridized carbons (Fsp3) is 0.500. The molecule has 0 bridgehead atoms. The number of hydrogen-bond donors (Lipinski definition) is 0. The van der Waals surface area contributed by atoms with Crippen molar-refractivity contribution in [3.05, 3.63) is 34.0 Å². The third kappa shape index (κ3) is 5.13. The molecule has 1 aromatic heterocycles. The third-order valence-corrected chi connectivity index (χ3v) is 5.23. The SMILES string of the molecule is CC(C)=CCN1C(=O)C(C(=O)Cc2cccs2)C(=O)N(CCC(C)C)C1=O. The maximum absolute atomic E-state index is 12.8. The van der Waals surface area contributed by atoms with Gasteiger partial charge in [0.15, 0.2) is 11.7 Å². The van der Waals surface area contributed by atoms with Gasteiger partial charge in [0.1, 0.15) is 0 Å². The molecule has 1 fully saturated rings. The van der Waals surface area contributed by atoms with Crippen LogP contribution in [0.2, 0.25) is 0 Å². The normalized spacial score (nSPS) is 17.7. The van der Waals surface area contributed by atoms with Crippen molar-refractivity contribution in [2.45, 2.75) is 40.5 Å². The van der Waals surface area contributed by atoms with Crippen molar-refractivity contribution in [2.75, 3.05) is 13.1 Å². The van der Waals surface area contributed by atoms with Gasteiger partial charge in [-0.15, -0.1) is 11.3 Å². The fourth-order valence-electron chi connectivity index (χ4n) is 2.75. The lowest BCUT2D eigenvalue weighted by atomic mass is 9.95. The van der Waals surface area contributed by atoms with E-state index in [1.165, 1.54) is 11.3 Å². The minimum Gasteiger partial charge on any atom is -0.298 e. The summed E-state index contributed by atoms with van der Waals surface area (Å²) < 4.78 is 0. The van der Waals surface area contributed by atoms with Crippen LogP contribution in [0.1, 0.15) is 39.0 Å². The quantitative estimate of drug-likeness (QED) is 0.504. The second kappa shape index (κ2) is 9.08. The minimum absolute atomic E-state index is 0.0164. The van der Waals surface area contributed by atoms with Gasteiger partial charge in [0.05, 0.1) is 0 Å². The van der Waals surface area contributed by atoms with Gasteiger partial charge in [-0.1, -0.05) is 31.6 Å². The zero-order chi connectivity index (χ0) is 20.1. The van der Waals surface area contributed by atoms with Crippen molar-refractivity contribution >= 4 is 35.0 Å². The van der Waals surface area contributed by atoms with Crippen molar-refractivity contribution in [2.24, 2.45) is 11.8 Å². The third-order valence-electron chi connectivity index (χ3n) is 4.35. The molecule has 1 aliphatic heterocycles. The molecule has 6 nitrogen and oxygen atoms in total. The molecule has 1 atom stereocenters. The summed E-state index contributed by atoms with van der Waals surface area (Å²) in [5.41, 5.74) is 0.947. The molecule has 0 spiro atoms. The number of Topliss-reactive ketones (excluding diaryl/α,β-unsaturated/α-hetero) is 1. The van der Waals surface area contributed by atoms with E-state index < -0.39 is 29.5 Å². The van der Waals surface area contributed by atoms with E-state index in [0.717, 1.165) is 20.3 Å². The van der Waals surface area contributed by atoms with Gasteiger partial charge in [-0.3, -0.25) is 24.2 Å². The molecular formula is C20H26N2O4S. The van der Waals surface area contributed by atoms with E-state index in [-0.39, 0.29) is 25.4 Å². The van der Waals surface area contributed by atoms with Gasteiger partial charge in [-0.25, -0.2) is 4.79 Å². The molecule has 7 heteroatoms. The number of imide groups is 2. The Labute approximate surface area is 163 Å². The highest BCUT2D eigenvalue weighted by molar-refractivity contribution is 7.10. The summed E-state index contributed by atoms with van der Waals surface area (Å²) in [6, 6.07) is 2.98. The first-order valence-electron chi connectivity index (χ1n) is 9.07. The summed E-state index contributed by atoms with van der Waals surface area (Å²) >= 11 is 1.40. The average Bonchev–Trinajstić information content (AvgIpc) is 3.06. The number of allylic oxidation sites excluding steroid dienone is 1. The maximum atomic E-state index is 12.8. The van der Waals surface area contributed by atoms with Crippen molar-refractivity contribution in [3.63, 3.8) is 0 Å². The van der Waals surface area contributed by atoms with Gasteiger partial charge in [0.25, 0.3) is 11.8 Å². The minimum atomic E-state index is -1.44. The van der Waals surface area contributed by atoms with Crippen LogP contribution in [0.25, 0.3) is 0 Å². The first kappa shape index (κ1) is 21.0. The lowest BCUT2D eigenvalue weighted by Gasteiger charge is -2.36. The number of carbonyl (C=O) groups is 4. The second-order valence-electron chi connectivity index (χ2n) is 7.34. The van der Waals surface area contributed by atoms with E-state index in [1.54, 1.807) is 12.1 Å². The summed E-state index contributed by atoms with van der Waals surface area (Å²) in [6.07, 6.45) is 2.38. The summed E-state index contributed by atoms with van der Waals surface area (Å²) in [5.74, 6) is -3.03. The van der Waals surface area contributed by atoms with E-state index >= 15 is 0 Å².